The van der Waals surface area contributed by atoms with Crippen molar-refractivity contribution in [2.45, 2.75) is 57.4 Å². The van der Waals surface area contributed by atoms with Crippen LogP contribution in [0.15, 0.2) is 0 Å². The molecule has 17 heavy (non-hydrogen) atoms. The Hall–Kier alpha value is -0.770. The van der Waals surface area contributed by atoms with Crippen molar-refractivity contribution in [3.05, 3.63) is 5.56 Å². The number of hydrogen-bond donors (Lipinski definition) is 2. The molecule has 0 aliphatic heterocycles. The van der Waals surface area contributed by atoms with E-state index in [2.05, 4.69) is 16.6 Å². The van der Waals surface area contributed by atoms with Crippen molar-refractivity contribution in [3.8, 4) is 0 Å². The van der Waals surface area contributed by atoms with Gasteiger partial charge >= 0.3 is 0 Å². The molecule has 2 fully saturated rings. The fraction of sp³-hybridized carbons (Fsp3) is 0.769. The fourth-order valence-electron chi connectivity index (χ4n) is 2.96. The molecular formula is C13H21N3S. The number of nitrogens with zero attached hydrogens (tertiary/aromatic N) is 1. The van der Waals surface area contributed by atoms with E-state index in [0.717, 1.165) is 11.7 Å². The van der Waals surface area contributed by atoms with E-state index in [-0.39, 0.29) is 0 Å². The highest BCUT2D eigenvalue weighted by Crippen LogP contribution is 2.48. The van der Waals surface area contributed by atoms with Crippen LogP contribution >= 0.6 is 11.5 Å². The standard InChI is InChI=1S/C13H21N3S/c1-8(9-4-2-3-5-9)15-13-11(10-6-7-10)12(14)16-17-13/h8-10,15H,2-7H2,1H3,(H2,14,16). The van der Waals surface area contributed by atoms with E-state index in [0.29, 0.717) is 12.0 Å². The van der Waals surface area contributed by atoms with Crippen LogP contribution in [0.1, 0.15) is 56.9 Å². The van der Waals surface area contributed by atoms with E-state index in [1.165, 1.54) is 49.1 Å². The molecule has 0 bridgehead atoms. The van der Waals surface area contributed by atoms with Crippen LogP contribution in [0.25, 0.3) is 0 Å². The number of nitrogens with one attached hydrogen (secondary N) is 1. The first-order valence-corrected chi connectivity index (χ1v) is 7.54. The molecule has 1 unspecified atom stereocenters. The monoisotopic (exact) mass is 251 g/mol. The molecule has 2 saturated carbocycles. The molecule has 4 heteroatoms. The van der Waals surface area contributed by atoms with Gasteiger partial charge in [0.1, 0.15) is 10.8 Å². The van der Waals surface area contributed by atoms with E-state index in [1.54, 1.807) is 11.5 Å². The zero-order chi connectivity index (χ0) is 11.8. The average molecular weight is 251 g/mol. The molecule has 2 aliphatic carbocycles. The number of rotatable bonds is 4. The highest BCUT2D eigenvalue weighted by molar-refractivity contribution is 7.10. The lowest BCUT2D eigenvalue weighted by atomic mass is 10.00. The molecule has 0 saturated heterocycles. The van der Waals surface area contributed by atoms with Crippen LogP contribution in [-0.2, 0) is 0 Å². The molecule has 2 aliphatic rings. The van der Waals surface area contributed by atoms with E-state index in [1.807, 2.05) is 0 Å². The van der Waals surface area contributed by atoms with Crippen LogP contribution in [0, 0.1) is 5.92 Å². The first kappa shape index (κ1) is 11.3. The third kappa shape index (κ3) is 2.28. The highest BCUT2D eigenvalue weighted by Gasteiger charge is 2.31. The molecule has 0 spiro atoms. The summed E-state index contributed by atoms with van der Waals surface area (Å²) in [6.45, 7) is 2.31. The number of nitrogen functional groups attached to an aromatic ring is 1. The van der Waals surface area contributed by atoms with Gasteiger partial charge in [-0.15, -0.1) is 0 Å². The van der Waals surface area contributed by atoms with E-state index < -0.39 is 0 Å². The third-order valence-electron chi connectivity index (χ3n) is 4.21. The Balaban J connectivity index is 1.71. The van der Waals surface area contributed by atoms with Crippen molar-refractivity contribution >= 4 is 22.4 Å². The van der Waals surface area contributed by atoms with Crippen molar-refractivity contribution < 1.29 is 0 Å². The maximum absolute atomic E-state index is 5.97. The van der Waals surface area contributed by atoms with E-state index in [9.17, 15) is 0 Å². The summed E-state index contributed by atoms with van der Waals surface area (Å²) in [5.41, 5.74) is 7.28. The zero-order valence-corrected chi connectivity index (χ0v) is 11.2. The lowest BCUT2D eigenvalue weighted by molar-refractivity contribution is 0.482. The van der Waals surface area contributed by atoms with Gasteiger partial charge in [-0.3, -0.25) is 0 Å². The number of hydrogen-bond acceptors (Lipinski definition) is 4. The lowest BCUT2D eigenvalue weighted by Gasteiger charge is -2.21. The summed E-state index contributed by atoms with van der Waals surface area (Å²) in [4.78, 5) is 0. The van der Waals surface area contributed by atoms with Crippen molar-refractivity contribution in [3.63, 3.8) is 0 Å². The molecule has 94 valence electrons. The molecule has 3 nitrogen and oxygen atoms in total. The molecule has 3 N–H and O–H groups in total. The summed E-state index contributed by atoms with van der Waals surface area (Å²) >= 11 is 1.55. The molecular weight excluding hydrogens is 230 g/mol. The first-order valence-electron chi connectivity index (χ1n) is 6.77. The van der Waals surface area contributed by atoms with Crippen molar-refractivity contribution in [1.82, 2.24) is 4.37 Å². The van der Waals surface area contributed by atoms with Crippen LogP contribution in [0.5, 0.6) is 0 Å². The van der Waals surface area contributed by atoms with Gasteiger partial charge in [-0.05, 0) is 56.0 Å². The Bertz CT molecular complexity index is 391. The van der Waals surface area contributed by atoms with E-state index >= 15 is 0 Å². The molecule has 1 heterocycles. The smallest absolute Gasteiger partial charge is 0.142 e. The summed E-state index contributed by atoms with van der Waals surface area (Å²) in [6.07, 6.45) is 8.13. The summed E-state index contributed by atoms with van der Waals surface area (Å²) in [5.74, 6) is 2.29. The van der Waals surface area contributed by atoms with Gasteiger partial charge in [0.2, 0.25) is 0 Å². The van der Waals surface area contributed by atoms with Crippen molar-refractivity contribution in [1.29, 1.82) is 0 Å². The molecule has 1 atom stereocenters. The van der Waals surface area contributed by atoms with Gasteiger partial charge in [0.15, 0.2) is 0 Å². The fourth-order valence-corrected chi connectivity index (χ4v) is 3.86. The maximum atomic E-state index is 5.97. The van der Waals surface area contributed by atoms with Gasteiger partial charge in [0.05, 0.1) is 0 Å². The third-order valence-corrected chi connectivity index (χ3v) is 5.02. The number of nitrogens with two attached hydrogens (primary N) is 1. The second-order valence-electron chi connectivity index (χ2n) is 5.56. The predicted molar refractivity (Wildman–Crippen MR) is 73.5 cm³/mol. The summed E-state index contributed by atoms with van der Waals surface area (Å²) in [5, 5.41) is 4.91. The molecule has 1 aromatic rings. The number of aromatic nitrogens is 1. The van der Waals surface area contributed by atoms with Gasteiger partial charge in [0, 0.05) is 11.6 Å². The van der Waals surface area contributed by atoms with Crippen LogP contribution in [0.2, 0.25) is 0 Å². The van der Waals surface area contributed by atoms with Gasteiger partial charge in [-0.2, -0.15) is 4.37 Å². The molecule has 0 amide bonds. The molecule has 0 aromatic carbocycles. The Morgan fingerprint density at radius 3 is 2.65 bits per heavy atom. The lowest BCUT2D eigenvalue weighted by Crippen LogP contribution is -2.23. The average Bonchev–Trinajstić information content (AvgIpc) is 2.87. The largest absolute Gasteiger partial charge is 0.383 e. The second kappa shape index (κ2) is 4.48. The van der Waals surface area contributed by atoms with Crippen LogP contribution in [0.4, 0.5) is 10.8 Å². The maximum Gasteiger partial charge on any atom is 0.142 e. The van der Waals surface area contributed by atoms with Crippen LogP contribution in [-0.4, -0.2) is 10.4 Å². The van der Waals surface area contributed by atoms with Crippen LogP contribution in [0.3, 0.4) is 0 Å². The summed E-state index contributed by atoms with van der Waals surface area (Å²) in [7, 11) is 0. The second-order valence-corrected chi connectivity index (χ2v) is 6.34. The normalized spacial score (nSPS) is 22.9. The summed E-state index contributed by atoms with van der Waals surface area (Å²) in [6, 6.07) is 0.565. The predicted octanol–water partition coefficient (Wildman–Crippen LogP) is 3.59. The Morgan fingerprint density at radius 2 is 2.00 bits per heavy atom. The highest BCUT2D eigenvalue weighted by atomic mass is 32.1. The minimum Gasteiger partial charge on any atom is -0.383 e. The van der Waals surface area contributed by atoms with Crippen molar-refractivity contribution in [2.24, 2.45) is 5.92 Å². The molecule has 0 radical (unpaired) electrons. The Kier molecular flexibility index (Phi) is 2.99. The van der Waals surface area contributed by atoms with E-state index in [4.69, 9.17) is 5.73 Å². The molecule has 3 rings (SSSR count). The molecule has 1 aromatic heterocycles. The first-order chi connectivity index (χ1) is 8.25. The topological polar surface area (TPSA) is 50.9 Å². The minimum absolute atomic E-state index is 0.565. The SMILES string of the molecule is CC(Nc1snc(N)c1C1CC1)C1CCCC1. The van der Waals surface area contributed by atoms with Crippen LogP contribution < -0.4 is 11.1 Å². The van der Waals surface area contributed by atoms with Crippen molar-refractivity contribution in [2.75, 3.05) is 11.1 Å². The Morgan fingerprint density at radius 1 is 1.29 bits per heavy atom. The Labute approximate surface area is 107 Å². The van der Waals surface area contributed by atoms with Gasteiger partial charge in [0.25, 0.3) is 0 Å². The minimum atomic E-state index is 0.565. The quantitative estimate of drug-likeness (QED) is 0.859. The zero-order valence-electron chi connectivity index (χ0n) is 10.4. The van der Waals surface area contributed by atoms with Gasteiger partial charge in [-0.1, -0.05) is 12.8 Å². The van der Waals surface area contributed by atoms with Gasteiger partial charge in [-0.25, -0.2) is 0 Å². The number of anilines is 2. The van der Waals surface area contributed by atoms with Gasteiger partial charge < -0.3 is 11.1 Å². The summed E-state index contributed by atoms with van der Waals surface area (Å²) < 4.78 is 4.31.